The van der Waals surface area contributed by atoms with Crippen molar-refractivity contribution in [3.05, 3.63) is 53.8 Å². The zero-order chi connectivity index (χ0) is 13.8. The number of hydrogen-bond acceptors (Lipinski definition) is 3. The van der Waals surface area contributed by atoms with Crippen molar-refractivity contribution in [2.75, 3.05) is 12.4 Å². The van der Waals surface area contributed by atoms with E-state index in [2.05, 4.69) is 5.32 Å². The topological polar surface area (TPSA) is 41.5 Å². The lowest BCUT2D eigenvalue weighted by molar-refractivity contribution is 0.373. The molecule has 0 amide bonds. The SMILES string of the molecule is COc1cc(C(C)Nc2ccccc2F)ccc1O. The minimum absolute atomic E-state index is 0.0874. The monoisotopic (exact) mass is 261 g/mol. The fourth-order valence-electron chi connectivity index (χ4n) is 1.86. The molecule has 100 valence electrons. The second-order valence-corrected chi connectivity index (χ2v) is 4.28. The molecule has 1 unspecified atom stereocenters. The molecule has 4 heteroatoms. The summed E-state index contributed by atoms with van der Waals surface area (Å²) in [4.78, 5) is 0. The van der Waals surface area contributed by atoms with Gasteiger partial charge < -0.3 is 15.2 Å². The highest BCUT2D eigenvalue weighted by Crippen LogP contribution is 2.30. The molecule has 2 N–H and O–H groups in total. The number of hydrogen-bond donors (Lipinski definition) is 2. The molecule has 0 bridgehead atoms. The Morgan fingerprint density at radius 1 is 1.21 bits per heavy atom. The Labute approximate surface area is 111 Å². The lowest BCUT2D eigenvalue weighted by Crippen LogP contribution is -2.08. The summed E-state index contributed by atoms with van der Waals surface area (Å²) >= 11 is 0. The summed E-state index contributed by atoms with van der Waals surface area (Å²) in [5.41, 5.74) is 1.35. The third-order valence-corrected chi connectivity index (χ3v) is 2.95. The second-order valence-electron chi connectivity index (χ2n) is 4.28. The van der Waals surface area contributed by atoms with E-state index in [0.717, 1.165) is 5.56 Å². The summed E-state index contributed by atoms with van der Waals surface area (Å²) in [6, 6.07) is 11.5. The number of aromatic hydroxyl groups is 1. The first-order valence-corrected chi connectivity index (χ1v) is 6.00. The first kappa shape index (κ1) is 13.2. The fourth-order valence-corrected chi connectivity index (χ4v) is 1.86. The van der Waals surface area contributed by atoms with Crippen LogP contribution in [0.3, 0.4) is 0 Å². The van der Waals surface area contributed by atoms with Gasteiger partial charge in [0.2, 0.25) is 0 Å². The molecule has 0 aromatic heterocycles. The van der Waals surface area contributed by atoms with Crippen LogP contribution in [0.1, 0.15) is 18.5 Å². The van der Waals surface area contributed by atoms with Gasteiger partial charge in [0.05, 0.1) is 12.8 Å². The Hall–Kier alpha value is -2.23. The van der Waals surface area contributed by atoms with Gasteiger partial charge in [-0.15, -0.1) is 0 Å². The average Bonchev–Trinajstić information content (AvgIpc) is 2.42. The fraction of sp³-hybridized carbons (Fsp3) is 0.200. The predicted octanol–water partition coefficient (Wildman–Crippen LogP) is 3.71. The number of ether oxygens (including phenoxy) is 1. The average molecular weight is 261 g/mol. The minimum atomic E-state index is -0.292. The smallest absolute Gasteiger partial charge is 0.160 e. The van der Waals surface area contributed by atoms with Gasteiger partial charge in [-0.05, 0) is 36.8 Å². The van der Waals surface area contributed by atoms with Crippen molar-refractivity contribution < 1.29 is 14.2 Å². The molecule has 0 aliphatic heterocycles. The van der Waals surface area contributed by atoms with Crippen LogP contribution in [-0.4, -0.2) is 12.2 Å². The molecule has 0 saturated carbocycles. The van der Waals surface area contributed by atoms with Crippen molar-refractivity contribution in [2.45, 2.75) is 13.0 Å². The van der Waals surface area contributed by atoms with E-state index in [9.17, 15) is 9.50 Å². The Bertz CT molecular complexity index is 572. The van der Waals surface area contributed by atoms with E-state index < -0.39 is 0 Å². The highest BCUT2D eigenvalue weighted by atomic mass is 19.1. The Balaban J connectivity index is 2.20. The molecule has 0 saturated heterocycles. The van der Waals surface area contributed by atoms with Crippen molar-refractivity contribution in [1.82, 2.24) is 0 Å². The number of halogens is 1. The summed E-state index contributed by atoms with van der Waals surface area (Å²) < 4.78 is 18.6. The van der Waals surface area contributed by atoms with Gasteiger partial charge in [-0.25, -0.2) is 4.39 Å². The number of rotatable bonds is 4. The summed E-state index contributed by atoms with van der Waals surface area (Å²) in [5, 5.41) is 12.6. The standard InChI is InChI=1S/C15H16FNO2/c1-10(17-13-6-4-3-5-12(13)16)11-7-8-14(18)15(9-11)19-2/h3-10,17-18H,1-2H3. The van der Waals surface area contributed by atoms with Gasteiger partial charge >= 0.3 is 0 Å². The van der Waals surface area contributed by atoms with Crippen molar-refractivity contribution in [3.8, 4) is 11.5 Å². The molecule has 0 fully saturated rings. The van der Waals surface area contributed by atoms with Crippen molar-refractivity contribution in [2.24, 2.45) is 0 Å². The summed E-state index contributed by atoms with van der Waals surface area (Å²) in [7, 11) is 1.49. The molecule has 0 spiro atoms. The molecule has 0 aliphatic rings. The van der Waals surface area contributed by atoms with Gasteiger partial charge in [-0.2, -0.15) is 0 Å². The van der Waals surface area contributed by atoms with Gasteiger partial charge in [0.1, 0.15) is 5.82 Å². The van der Waals surface area contributed by atoms with E-state index >= 15 is 0 Å². The van der Waals surface area contributed by atoms with Crippen LogP contribution < -0.4 is 10.1 Å². The van der Waals surface area contributed by atoms with Crippen LogP contribution in [0.2, 0.25) is 0 Å². The van der Waals surface area contributed by atoms with Gasteiger partial charge in [0.25, 0.3) is 0 Å². The van der Waals surface area contributed by atoms with Crippen LogP contribution in [-0.2, 0) is 0 Å². The van der Waals surface area contributed by atoms with E-state index in [4.69, 9.17) is 4.74 Å². The Morgan fingerprint density at radius 2 is 1.95 bits per heavy atom. The normalized spacial score (nSPS) is 11.9. The van der Waals surface area contributed by atoms with Crippen molar-refractivity contribution in [1.29, 1.82) is 0 Å². The molecule has 19 heavy (non-hydrogen) atoms. The van der Waals surface area contributed by atoms with Crippen LogP contribution in [0.5, 0.6) is 11.5 Å². The highest BCUT2D eigenvalue weighted by molar-refractivity contribution is 5.49. The van der Waals surface area contributed by atoms with Gasteiger partial charge in [-0.1, -0.05) is 18.2 Å². The van der Waals surface area contributed by atoms with Crippen LogP contribution in [0.4, 0.5) is 10.1 Å². The predicted molar refractivity (Wildman–Crippen MR) is 73.1 cm³/mol. The van der Waals surface area contributed by atoms with Gasteiger partial charge in [0.15, 0.2) is 11.5 Å². The number of nitrogens with one attached hydrogen (secondary N) is 1. The van der Waals surface area contributed by atoms with Crippen molar-refractivity contribution >= 4 is 5.69 Å². The van der Waals surface area contributed by atoms with Crippen LogP contribution in [0, 0.1) is 5.82 Å². The van der Waals surface area contributed by atoms with E-state index in [1.54, 1.807) is 36.4 Å². The van der Waals surface area contributed by atoms with Gasteiger partial charge in [-0.3, -0.25) is 0 Å². The van der Waals surface area contributed by atoms with Crippen LogP contribution in [0.15, 0.2) is 42.5 Å². The number of para-hydroxylation sites is 1. The molecule has 2 rings (SSSR count). The maximum absolute atomic E-state index is 13.5. The molecule has 2 aromatic rings. The zero-order valence-electron chi connectivity index (χ0n) is 10.9. The largest absolute Gasteiger partial charge is 0.504 e. The van der Waals surface area contributed by atoms with E-state index in [1.807, 2.05) is 6.92 Å². The van der Waals surface area contributed by atoms with Gasteiger partial charge in [0, 0.05) is 6.04 Å². The number of methoxy groups -OCH3 is 1. The second kappa shape index (κ2) is 5.61. The number of phenolic OH excluding ortho intramolecular Hbond substituents is 1. The number of anilines is 1. The van der Waals surface area contributed by atoms with Crippen LogP contribution >= 0.6 is 0 Å². The number of benzene rings is 2. The molecule has 3 nitrogen and oxygen atoms in total. The molecule has 2 aromatic carbocycles. The molecule has 0 radical (unpaired) electrons. The van der Waals surface area contributed by atoms with E-state index in [-0.39, 0.29) is 17.6 Å². The first-order valence-electron chi connectivity index (χ1n) is 6.00. The molecule has 1 atom stereocenters. The van der Waals surface area contributed by atoms with E-state index in [0.29, 0.717) is 11.4 Å². The first-order chi connectivity index (χ1) is 9.11. The summed E-state index contributed by atoms with van der Waals surface area (Å²) in [6.07, 6.45) is 0. The third-order valence-electron chi connectivity index (χ3n) is 2.95. The quantitative estimate of drug-likeness (QED) is 0.881. The Morgan fingerprint density at radius 3 is 2.63 bits per heavy atom. The summed E-state index contributed by atoms with van der Waals surface area (Å²) in [5.74, 6) is 0.198. The van der Waals surface area contributed by atoms with Crippen LogP contribution in [0.25, 0.3) is 0 Å². The zero-order valence-corrected chi connectivity index (χ0v) is 10.9. The third kappa shape index (κ3) is 2.96. The maximum Gasteiger partial charge on any atom is 0.160 e. The lowest BCUT2D eigenvalue weighted by Gasteiger charge is -2.17. The maximum atomic E-state index is 13.5. The lowest BCUT2D eigenvalue weighted by atomic mass is 10.1. The molecule has 0 heterocycles. The molecular weight excluding hydrogens is 245 g/mol. The molecule has 0 aliphatic carbocycles. The van der Waals surface area contributed by atoms with E-state index in [1.165, 1.54) is 13.2 Å². The van der Waals surface area contributed by atoms with Crippen molar-refractivity contribution in [3.63, 3.8) is 0 Å². The number of phenols is 1. The Kier molecular flexibility index (Phi) is 3.90. The molecular formula is C15H16FNO2. The minimum Gasteiger partial charge on any atom is -0.504 e. The summed E-state index contributed by atoms with van der Waals surface area (Å²) in [6.45, 7) is 1.91. The highest BCUT2D eigenvalue weighted by Gasteiger charge is 2.10.